The molecule has 0 atom stereocenters. The number of rotatable bonds is 5. The molecular weight excluding hydrogens is 276 g/mol. The van der Waals surface area contributed by atoms with Crippen LogP contribution >= 0.6 is 0 Å². The molecule has 0 aliphatic heterocycles. The average Bonchev–Trinajstić information content (AvgIpc) is 2.42. The van der Waals surface area contributed by atoms with Gasteiger partial charge in [-0.05, 0) is 48.9 Å². The minimum Gasteiger partial charge on any atom is -0.351 e. The highest BCUT2D eigenvalue weighted by Crippen LogP contribution is 2.22. The quantitative estimate of drug-likeness (QED) is 0.791. The SMILES string of the molecule is CS(=O)(=O)NCCNC(=O)c1ccc2c(c1)CCCC2. The molecule has 1 amide bonds. The molecule has 0 aromatic heterocycles. The third-order valence-corrected chi connectivity index (χ3v) is 4.11. The van der Waals surface area contributed by atoms with Crippen LogP contribution in [0, 0.1) is 0 Å². The van der Waals surface area contributed by atoms with Crippen LogP contribution in [0.3, 0.4) is 0 Å². The van der Waals surface area contributed by atoms with Crippen molar-refractivity contribution in [2.75, 3.05) is 19.3 Å². The maximum absolute atomic E-state index is 12.0. The maximum Gasteiger partial charge on any atom is 0.251 e. The number of benzene rings is 1. The summed E-state index contributed by atoms with van der Waals surface area (Å²) < 4.78 is 24.1. The molecule has 0 unspecified atom stereocenters. The third kappa shape index (κ3) is 4.31. The van der Waals surface area contributed by atoms with Crippen LogP contribution in [-0.2, 0) is 22.9 Å². The predicted octanol–water partition coefficient (Wildman–Crippen LogP) is 0.844. The van der Waals surface area contributed by atoms with Crippen LogP contribution < -0.4 is 10.0 Å². The summed E-state index contributed by atoms with van der Waals surface area (Å²) in [5.74, 6) is -0.159. The summed E-state index contributed by atoms with van der Waals surface area (Å²) in [6.07, 6.45) is 5.62. The van der Waals surface area contributed by atoms with Crippen LogP contribution in [0.15, 0.2) is 18.2 Å². The van der Waals surface area contributed by atoms with Crippen molar-refractivity contribution in [3.63, 3.8) is 0 Å². The van der Waals surface area contributed by atoms with Crippen LogP contribution in [0.4, 0.5) is 0 Å². The van der Waals surface area contributed by atoms with E-state index < -0.39 is 10.0 Å². The minimum atomic E-state index is -3.20. The predicted molar refractivity (Wildman–Crippen MR) is 78.3 cm³/mol. The Balaban J connectivity index is 1.89. The number of aryl methyl sites for hydroxylation is 2. The van der Waals surface area contributed by atoms with Crippen molar-refractivity contribution in [1.82, 2.24) is 10.0 Å². The molecule has 2 N–H and O–H groups in total. The molecule has 0 spiro atoms. The van der Waals surface area contributed by atoms with Gasteiger partial charge in [-0.2, -0.15) is 0 Å². The molecule has 1 aliphatic rings. The van der Waals surface area contributed by atoms with E-state index in [2.05, 4.69) is 10.0 Å². The summed E-state index contributed by atoms with van der Waals surface area (Å²) in [7, 11) is -3.20. The van der Waals surface area contributed by atoms with Crippen molar-refractivity contribution in [3.05, 3.63) is 34.9 Å². The molecule has 1 aromatic rings. The van der Waals surface area contributed by atoms with E-state index in [0.717, 1.165) is 19.1 Å². The summed E-state index contributed by atoms with van der Waals surface area (Å²) >= 11 is 0. The molecule has 2 rings (SSSR count). The number of carbonyl (C=O) groups is 1. The van der Waals surface area contributed by atoms with E-state index in [9.17, 15) is 13.2 Å². The highest BCUT2D eigenvalue weighted by Gasteiger charge is 2.12. The second-order valence-electron chi connectivity index (χ2n) is 5.11. The molecule has 20 heavy (non-hydrogen) atoms. The van der Waals surface area contributed by atoms with Crippen LogP contribution in [0.2, 0.25) is 0 Å². The molecule has 0 heterocycles. The topological polar surface area (TPSA) is 75.3 Å². The Bertz CT molecular complexity index is 596. The van der Waals surface area contributed by atoms with E-state index in [-0.39, 0.29) is 19.0 Å². The summed E-state index contributed by atoms with van der Waals surface area (Å²) in [6, 6.07) is 5.81. The lowest BCUT2D eigenvalue weighted by Crippen LogP contribution is -2.34. The largest absolute Gasteiger partial charge is 0.351 e. The Labute approximate surface area is 119 Å². The zero-order valence-corrected chi connectivity index (χ0v) is 12.4. The molecule has 1 aliphatic carbocycles. The fourth-order valence-electron chi connectivity index (χ4n) is 2.39. The van der Waals surface area contributed by atoms with Crippen molar-refractivity contribution in [3.8, 4) is 0 Å². The number of carbonyl (C=O) groups excluding carboxylic acids is 1. The maximum atomic E-state index is 12.0. The fraction of sp³-hybridized carbons (Fsp3) is 0.500. The summed E-state index contributed by atoms with van der Waals surface area (Å²) in [5, 5.41) is 2.71. The second-order valence-corrected chi connectivity index (χ2v) is 6.95. The van der Waals surface area contributed by atoms with Crippen molar-refractivity contribution in [2.45, 2.75) is 25.7 Å². The van der Waals surface area contributed by atoms with Gasteiger partial charge in [0.2, 0.25) is 10.0 Å². The first-order valence-electron chi connectivity index (χ1n) is 6.80. The smallest absolute Gasteiger partial charge is 0.251 e. The molecule has 0 saturated heterocycles. The first kappa shape index (κ1) is 15.0. The number of nitrogens with one attached hydrogen (secondary N) is 2. The summed E-state index contributed by atoms with van der Waals surface area (Å²) in [4.78, 5) is 12.0. The number of fused-ring (bicyclic) bond motifs is 1. The molecule has 0 fully saturated rings. The Morgan fingerprint density at radius 3 is 2.55 bits per heavy atom. The minimum absolute atomic E-state index is 0.159. The molecule has 0 saturated carbocycles. The highest BCUT2D eigenvalue weighted by atomic mass is 32.2. The normalized spacial score (nSPS) is 14.7. The van der Waals surface area contributed by atoms with Crippen LogP contribution in [0.1, 0.15) is 34.3 Å². The van der Waals surface area contributed by atoms with Crippen LogP contribution in [0.25, 0.3) is 0 Å². The van der Waals surface area contributed by atoms with Crippen molar-refractivity contribution in [1.29, 1.82) is 0 Å². The lowest BCUT2D eigenvalue weighted by molar-refractivity contribution is 0.0954. The van der Waals surface area contributed by atoms with Gasteiger partial charge >= 0.3 is 0 Å². The second kappa shape index (κ2) is 6.37. The molecule has 0 bridgehead atoms. The monoisotopic (exact) mass is 296 g/mol. The summed E-state index contributed by atoms with van der Waals surface area (Å²) in [6.45, 7) is 0.485. The van der Waals surface area contributed by atoms with Gasteiger partial charge in [0.15, 0.2) is 0 Å². The Morgan fingerprint density at radius 2 is 1.85 bits per heavy atom. The fourth-order valence-corrected chi connectivity index (χ4v) is 2.86. The molecule has 6 heteroatoms. The van der Waals surface area contributed by atoms with E-state index in [0.29, 0.717) is 5.56 Å². The Hall–Kier alpha value is -1.40. The van der Waals surface area contributed by atoms with Gasteiger partial charge in [-0.15, -0.1) is 0 Å². The van der Waals surface area contributed by atoms with Crippen molar-refractivity contribution < 1.29 is 13.2 Å². The van der Waals surface area contributed by atoms with Gasteiger partial charge in [0.05, 0.1) is 6.26 Å². The molecule has 0 radical (unpaired) electrons. The van der Waals surface area contributed by atoms with Gasteiger partial charge in [-0.3, -0.25) is 4.79 Å². The first-order chi connectivity index (χ1) is 9.46. The van der Waals surface area contributed by atoms with Crippen LogP contribution in [-0.4, -0.2) is 33.7 Å². The third-order valence-electron chi connectivity index (χ3n) is 3.39. The lowest BCUT2D eigenvalue weighted by atomic mass is 9.90. The van der Waals surface area contributed by atoms with E-state index in [4.69, 9.17) is 0 Å². The van der Waals surface area contributed by atoms with Gasteiger partial charge < -0.3 is 5.32 Å². The lowest BCUT2D eigenvalue weighted by Gasteiger charge is -2.16. The van der Waals surface area contributed by atoms with Crippen molar-refractivity contribution >= 4 is 15.9 Å². The zero-order valence-electron chi connectivity index (χ0n) is 11.6. The molecule has 1 aromatic carbocycles. The van der Waals surface area contributed by atoms with Gasteiger partial charge in [-0.1, -0.05) is 6.07 Å². The van der Waals surface area contributed by atoms with Gasteiger partial charge in [0.1, 0.15) is 0 Å². The zero-order chi connectivity index (χ0) is 14.6. The molecular formula is C14H20N2O3S. The number of sulfonamides is 1. The number of hydrogen-bond acceptors (Lipinski definition) is 3. The van der Waals surface area contributed by atoms with E-state index in [1.165, 1.54) is 24.0 Å². The van der Waals surface area contributed by atoms with E-state index >= 15 is 0 Å². The molecule has 110 valence electrons. The van der Waals surface area contributed by atoms with E-state index in [1.54, 1.807) is 0 Å². The molecule has 5 nitrogen and oxygen atoms in total. The number of hydrogen-bond donors (Lipinski definition) is 2. The Morgan fingerprint density at radius 1 is 1.15 bits per heavy atom. The van der Waals surface area contributed by atoms with Gasteiger partial charge in [0, 0.05) is 18.7 Å². The summed E-state index contributed by atoms with van der Waals surface area (Å²) in [5.41, 5.74) is 3.25. The average molecular weight is 296 g/mol. The van der Waals surface area contributed by atoms with Crippen LogP contribution in [0.5, 0.6) is 0 Å². The van der Waals surface area contributed by atoms with E-state index in [1.807, 2.05) is 18.2 Å². The van der Waals surface area contributed by atoms with Gasteiger partial charge in [-0.25, -0.2) is 13.1 Å². The number of amides is 1. The Kier molecular flexibility index (Phi) is 4.77. The highest BCUT2D eigenvalue weighted by molar-refractivity contribution is 7.88. The van der Waals surface area contributed by atoms with Crippen molar-refractivity contribution in [2.24, 2.45) is 0 Å². The standard InChI is InChI=1S/C14H20N2O3S/c1-20(18,19)16-9-8-15-14(17)13-7-6-11-4-2-3-5-12(11)10-13/h6-7,10,16H,2-5,8-9H2,1H3,(H,15,17). The first-order valence-corrected chi connectivity index (χ1v) is 8.69. The van der Waals surface area contributed by atoms with Gasteiger partial charge in [0.25, 0.3) is 5.91 Å².